The van der Waals surface area contributed by atoms with Gasteiger partial charge < -0.3 is 9.88 Å². The lowest BCUT2D eigenvalue weighted by Gasteiger charge is -2.07. The number of rotatable bonds is 7. The summed E-state index contributed by atoms with van der Waals surface area (Å²) in [5.41, 5.74) is 2.07. The highest BCUT2D eigenvalue weighted by molar-refractivity contribution is 7.99. The van der Waals surface area contributed by atoms with Crippen molar-refractivity contribution in [1.82, 2.24) is 19.7 Å². The predicted octanol–water partition coefficient (Wildman–Crippen LogP) is 4.06. The van der Waals surface area contributed by atoms with Gasteiger partial charge in [0.05, 0.1) is 11.4 Å². The van der Waals surface area contributed by atoms with Crippen LogP contribution in [0.2, 0.25) is 0 Å². The minimum atomic E-state index is -0.366. The van der Waals surface area contributed by atoms with E-state index >= 15 is 0 Å². The molecule has 2 amide bonds. The number of hydrogen-bond acceptors (Lipinski definition) is 7. The topological polar surface area (TPSA) is 102 Å². The molecule has 0 bridgehead atoms. The van der Waals surface area contributed by atoms with Crippen molar-refractivity contribution in [2.45, 2.75) is 5.16 Å². The second kappa shape index (κ2) is 9.71. The predicted molar refractivity (Wildman–Crippen MR) is 122 cm³/mol. The van der Waals surface area contributed by atoms with Crippen molar-refractivity contribution in [1.29, 1.82) is 0 Å². The first-order valence-electron chi connectivity index (χ1n) is 9.37. The van der Waals surface area contributed by atoms with Crippen LogP contribution >= 0.6 is 23.1 Å². The van der Waals surface area contributed by atoms with Gasteiger partial charge in [-0.05, 0) is 30.3 Å². The van der Waals surface area contributed by atoms with Gasteiger partial charge in [-0.25, -0.2) is 9.37 Å². The molecule has 0 spiro atoms. The molecule has 8 nitrogen and oxygen atoms in total. The quantitative estimate of drug-likeness (QED) is 0.397. The third-order valence-corrected chi connectivity index (χ3v) is 6.05. The Morgan fingerprint density at radius 3 is 2.78 bits per heavy atom. The van der Waals surface area contributed by atoms with Crippen LogP contribution in [0.15, 0.2) is 65.4 Å². The minimum Gasteiger partial charge on any atom is -0.325 e. The number of thiazole rings is 1. The number of halogens is 1. The average Bonchev–Trinajstić information content (AvgIpc) is 3.41. The van der Waals surface area contributed by atoms with Crippen LogP contribution in [0.1, 0.15) is 10.4 Å². The molecule has 4 rings (SSSR count). The Bertz CT molecular complexity index is 1270. The lowest BCUT2D eigenvalue weighted by Crippen LogP contribution is -2.16. The van der Waals surface area contributed by atoms with Crippen LogP contribution in [-0.4, -0.2) is 37.3 Å². The highest BCUT2D eigenvalue weighted by atomic mass is 32.2. The van der Waals surface area contributed by atoms with E-state index in [1.165, 1.54) is 35.2 Å². The number of nitrogens with zero attached hydrogens (tertiary/aromatic N) is 4. The number of hydrogen-bond donors (Lipinski definition) is 2. The summed E-state index contributed by atoms with van der Waals surface area (Å²) >= 11 is 2.51. The lowest BCUT2D eigenvalue weighted by molar-refractivity contribution is -0.113. The monoisotopic (exact) mass is 468 g/mol. The van der Waals surface area contributed by atoms with Crippen molar-refractivity contribution in [3.63, 3.8) is 0 Å². The minimum absolute atomic E-state index is 0.158. The van der Waals surface area contributed by atoms with Gasteiger partial charge in [0, 0.05) is 29.2 Å². The number of anilines is 2. The van der Waals surface area contributed by atoms with E-state index in [0.717, 1.165) is 0 Å². The average molecular weight is 469 g/mol. The Hall–Kier alpha value is -3.57. The molecule has 0 atom stereocenters. The smallest absolute Gasteiger partial charge is 0.257 e. The molecule has 2 N–H and O–H groups in total. The zero-order valence-corrected chi connectivity index (χ0v) is 18.4. The normalized spacial score (nSPS) is 10.7. The standard InChI is InChI=1S/C21H17FN6O2S2/c1-28-12-23-27-21(28)32-11-18(29)24-16-7-3-5-14(9-16)19(30)26-20-25-17(10-31-20)13-4-2-6-15(22)8-13/h2-10,12H,11H2,1H3,(H,24,29)(H,25,26,30). The summed E-state index contributed by atoms with van der Waals surface area (Å²) in [5.74, 6) is -0.787. The van der Waals surface area contributed by atoms with Crippen molar-refractivity contribution in [3.05, 3.63) is 71.6 Å². The summed E-state index contributed by atoms with van der Waals surface area (Å²) in [7, 11) is 1.80. The van der Waals surface area contributed by atoms with Gasteiger partial charge in [-0.2, -0.15) is 0 Å². The first-order chi connectivity index (χ1) is 15.5. The van der Waals surface area contributed by atoms with E-state index < -0.39 is 0 Å². The third-order valence-electron chi connectivity index (χ3n) is 4.26. The van der Waals surface area contributed by atoms with Crippen LogP contribution in [0.25, 0.3) is 11.3 Å². The molecule has 0 fully saturated rings. The van der Waals surface area contributed by atoms with Crippen molar-refractivity contribution < 1.29 is 14.0 Å². The van der Waals surface area contributed by atoms with E-state index in [1.807, 2.05) is 0 Å². The zero-order chi connectivity index (χ0) is 22.5. The fourth-order valence-corrected chi connectivity index (χ4v) is 4.15. The van der Waals surface area contributed by atoms with Crippen LogP contribution in [0, 0.1) is 5.82 Å². The Morgan fingerprint density at radius 2 is 2.00 bits per heavy atom. The molecule has 0 aliphatic heterocycles. The lowest BCUT2D eigenvalue weighted by atomic mass is 10.2. The molecule has 4 aromatic rings. The van der Waals surface area contributed by atoms with Gasteiger partial charge in [-0.15, -0.1) is 21.5 Å². The van der Waals surface area contributed by atoms with E-state index in [1.54, 1.807) is 59.7 Å². The van der Waals surface area contributed by atoms with Crippen LogP contribution < -0.4 is 10.6 Å². The van der Waals surface area contributed by atoms with Gasteiger partial charge in [0.2, 0.25) is 5.91 Å². The number of carbonyl (C=O) groups excluding carboxylic acids is 2. The molecule has 2 aromatic carbocycles. The second-order valence-electron chi connectivity index (χ2n) is 6.64. The largest absolute Gasteiger partial charge is 0.325 e. The number of amides is 2. The molecular weight excluding hydrogens is 451 g/mol. The van der Waals surface area contributed by atoms with Gasteiger partial charge in [0.15, 0.2) is 10.3 Å². The Kier molecular flexibility index (Phi) is 6.57. The fraction of sp³-hybridized carbons (Fsp3) is 0.0952. The van der Waals surface area contributed by atoms with Crippen LogP contribution in [0.3, 0.4) is 0 Å². The SMILES string of the molecule is Cn1cnnc1SCC(=O)Nc1cccc(C(=O)Nc2nc(-c3cccc(F)c3)cs2)c1. The molecule has 2 heterocycles. The van der Waals surface area contributed by atoms with Gasteiger partial charge in [-0.3, -0.25) is 14.9 Å². The highest BCUT2D eigenvalue weighted by Crippen LogP contribution is 2.26. The van der Waals surface area contributed by atoms with Crippen LogP contribution in [-0.2, 0) is 11.8 Å². The summed E-state index contributed by atoms with van der Waals surface area (Å²) in [4.78, 5) is 29.2. The van der Waals surface area contributed by atoms with Crippen LogP contribution in [0.4, 0.5) is 15.2 Å². The maximum atomic E-state index is 13.4. The third kappa shape index (κ3) is 5.37. The first-order valence-corrected chi connectivity index (χ1v) is 11.2. The number of carbonyl (C=O) groups is 2. The number of aryl methyl sites for hydroxylation is 1. The molecule has 0 radical (unpaired) electrons. The van der Waals surface area contributed by atoms with E-state index in [2.05, 4.69) is 25.8 Å². The zero-order valence-electron chi connectivity index (χ0n) is 16.8. The Labute approximate surface area is 190 Å². The van der Waals surface area contributed by atoms with Crippen molar-refractivity contribution in [2.75, 3.05) is 16.4 Å². The van der Waals surface area contributed by atoms with Crippen LogP contribution in [0.5, 0.6) is 0 Å². The molecule has 32 heavy (non-hydrogen) atoms. The summed E-state index contributed by atoms with van der Waals surface area (Å²) in [6, 6.07) is 12.7. The van der Waals surface area contributed by atoms with E-state index in [-0.39, 0.29) is 23.4 Å². The molecule has 2 aromatic heterocycles. The first kappa shape index (κ1) is 21.7. The number of aromatic nitrogens is 4. The Balaban J connectivity index is 1.37. The number of thioether (sulfide) groups is 1. The summed E-state index contributed by atoms with van der Waals surface area (Å²) in [6.45, 7) is 0. The van der Waals surface area contributed by atoms with Gasteiger partial charge in [0.25, 0.3) is 5.91 Å². The number of nitrogens with one attached hydrogen (secondary N) is 2. The summed E-state index contributed by atoms with van der Waals surface area (Å²) < 4.78 is 15.1. The van der Waals surface area contributed by atoms with Gasteiger partial charge in [-0.1, -0.05) is 30.0 Å². The molecule has 162 valence electrons. The van der Waals surface area contributed by atoms with Crippen molar-refractivity contribution in [2.24, 2.45) is 7.05 Å². The van der Waals surface area contributed by atoms with Gasteiger partial charge in [0.1, 0.15) is 12.1 Å². The summed E-state index contributed by atoms with van der Waals surface area (Å²) in [5, 5.41) is 16.0. The molecule has 0 aliphatic carbocycles. The fourth-order valence-electron chi connectivity index (χ4n) is 2.75. The molecule has 0 saturated heterocycles. The molecular formula is C21H17FN6O2S2. The maximum Gasteiger partial charge on any atom is 0.257 e. The van der Waals surface area contributed by atoms with E-state index in [9.17, 15) is 14.0 Å². The second-order valence-corrected chi connectivity index (χ2v) is 8.45. The Morgan fingerprint density at radius 1 is 1.16 bits per heavy atom. The van der Waals surface area contributed by atoms with Crippen molar-refractivity contribution in [3.8, 4) is 11.3 Å². The highest BCUT2D eigenvalue weighted by Gasteiger charge is 2.12. The van der Waals surface area contributed by atoms with E-state index in [0.29, 0.717) is 32.8 Å². The molecule has 0 unspecified atom stereocenters. The van der Waals surface area contributed by atoms with Gasteiger partial charge >= 0.3 is 0 Å². The molecule has 0 aliphatic rings. The number of benzene rings is 2. The molecule has 0 saturated carbocycles. The molecule has 11 heteroatoms. The van der Waals surface area contributed by atoms with Crippen molar-refractivity contribution >= 4 is 45.7 Å². The maximum absolute atomic E-state index is 13.4. The summed E-state index contributed by atoms with van der Waals surface area (Å²) in [6.07, 6.45) is 1.56. The van der Waals surface area contributed by atoms with E-state index in [4.69, 9.17) is 0 Å².